The number of pyridine rings is 1. The van der Waals surface area contributed by atoms with E-state index in [2.05, 4.69) is 207 Å². The van der Waals surface area contributed by atoms with Crippen LogP contribution in [0.1, 0.15) is 81.7 Å². The molecule has 5 heteroatoms. The van der Waals surface area contributed by atoms with E-state index in [0.29, 0.717) is 17.1 Å². The molecule has 0 spiro atoms. The van der Waals surface area contributed by atoms with Crippen molar-refractivity contribution < 1.29 is 7.48 Å². The van der Waals surface area contributed by atoms with Crippen LogP contribution >= 0.6 is 0 Å². The van der Waals surface area contributed by atoms with Crippen LogP contribution in [0.4, 0.5) is 22.7 Å². The maximum absolute atomic E-state index is 9.79. The molecule has 0 aliphatic carbocycles. The Morgan fingerprint density at radius 1 is 0.545 bits per heavy atom. The lowest BCUT2D eigenvalue weighted by atomic mass is 9.86. The molecule has 0 amide bonds. The second-order valence-electron chi connectivity index (χ2n) is 20.5. The lowest BCUT2D eigenvalue weighted by Gasteiger charge is -2.20. The lowest BCUT2D eigenvalue weighted by Crippen LogP contribution is -2.13. The van der Waals surface area contributed by atoms with Crippen LogP contribution in [0.25, 0.3) is 49.9 Å². The zero-order valence-electron chi connectivity index (χ0n) is 41.4. The summed E-state index contributed by atoms with van der Waals surface area (Å²) in [7, 11) is 0. The second kappa shape index (κ2) is 16.3. The van der Waals surface area contributed by atoms with E-state index in [0.717, 1.165) is 78.2 Å². The molecule has 5 nitrogen and oxygen atoms in total. The standard InChI is InChI=1S/C61H58N4O/c1-59(2,3)39-43-24-18-29-54-57(43)64(58-49(41-20-12-10-13-21-41)26-19-27-50(58)42-22-14-11-15-23-42)40-63(54)46-34-45(61(7,8)9)35-48(37-46)66-47-30-31-52-51-25-16-17-28-53(51)65(55(52)38-47)56-36-44(32-33-62-56)60(4,5)6/h10-38H,39H2,1-9H3/q+2/i39D2. The zero-order chi connectivity index (χ0) is 47.8. The Bertz CT molecular complexity index is 3430. The molecule has 0 radical (unpaired) electrons. The van der Waals surface area contributed by atoms with Crippen LogP contribution in [0, 0.1) is 5.41 Å². The van der Waals surface area contributed by atoms with Crippen molar-refractivity contribution in [2.24, 2.45) is 5.41 Å². The fourth-order valence-corrected chi connectivity index (χ4v) is 9.11. The van der Waals surface area contributed by atoms with E-state index in [-0.39, 0.29) is 10.8 Å². The smallest absolute Gasteiger partial charge is 0.457 e. The van der Waals surface area contributed by atoms with Crippen molar-refractivity contribution in [2.75, 3.05) is 0 Å². The SMILES string of the molecule is [2H]C([2H])(c1cccc2c1[N+](c1c(-c3ccccc3)cccc1-c1ccccc1)=C=[N+]2c1cc(Oc2ccc3c4ccccc4n(-c4cc(C(C)(C)C)ccn4)c3c2)cc(C(C)(C)C)c1)C(C)(C)C. The van der Waals surface area contributed by atoms with E-state index in [1.807, 2.05) is 51.2 Å². The summed E-state index contributed by atoms with van der Waals surface area (Å²) in [6.07, 6.45) is 0.181. The van der Waals surface area contributed by atoms with Gasteiger partial charge in [0.1, 0.15) is 17.3 Å². The molecule has 9 aromatic rings. The summed E-state index contributed by atoms with van der Waals surface area (Å²) in [6, 6.07) is 62.7. The molecule has 0 bridgehead atoms. The summed E-state index contributed by atoms with van der Waals surface area (Å²) in [5, 5.41) is 2.27. The molecule has 1 aliphatic rings. The van der Waals surface area contributed by atoms with E-state index in [9.17, 15) is 2.74 Å². The molecular weight excluding hydrogens is 805 g/mol. The van der Waals surface area contributed by atoms with Crippen molar-refractivity contribution in [3.8, 4) is 39.6 Å². The summed E-state index contributed by atoms with van der Waals surface area (Å²) in [4.78, 5) is 4.91. The van der Waals surface area contributed by atoms with E-state index in [4.69, 9.17) is 9.72 Å². The van der Waals surface area contributed by atoms with Gasteiger partial charge in [0.05, 0.1) is 28.2 Å². The zero-order valence-corrected chi connectivity index (χ0v) is 39.4. The number of hydrogen-bond donors (Lipinski definition) is 0. The van der Waals surface area contributed by atoms with Gasteiger partial charge >= 0.3 is 11.7 Å². The van der Waals surface area contributed by atoms with Crippen LogP contribution in [0.5, 0.6) is 11.5 Å². The maximum atomic E-state index is 9.79. The van der Waals surface area contributed by atoms with Crippen LogP contribution in [0.2, 0.25) is 0 Å². The minimum absolute atomic E-state index is 0.0442. The van der Waals surface area contributed by atoms with Crippen molar-refractivity contribution in [3.05, 3.63) is 193 Å². The second-order valence-corrected chi connectivity index (χ2v) is 20.5. The van der Waals surface area contributed by atoms with E-state index in [1.165, 1.54) is 5.56 Å². The summed E-state index contributed by atoms with van der Waals surface area (Å²) in [5.41, 5.74) is 11.4. The number of ether oxygens (including phenoxy) is 1. The highest BCUT2D eigenvalue weighted by atomic mass is 16.5. The largest absolute Gasteiger partial charge is 0.503 e. The lowest BCUT2D eigenvalue weighted by molar-refractivity contribution is 0.411. The average molecular weight is 865 g/mol. The molecule has 326 valence electrons. The van der Waals surface area contributed by atoms with E-state index >= 15 is 0 Å². The van der Waals surface area contributed by atoms with Crippen LogP contribution < -0.4 is 13.9 Å². The van der Waals surface area contributed by atoms with Gasteiger partial charge in [-0.05, 0) is 103 Å². The molecule has 7 aromatic carbocycles. The number of rotatable bonds is 8. The average Bonchev–Trinajstić information content (AvgIpc) is 3.87. The number of fused-ring (bicyclic) bond motifs is 4. The van der Waals surface area contributed by atoms with Gasteiger partial charge in [-0.2, -0.15) is 0 Å². The first-order chi connectivity index (χ1) is 32.4. The first-order valence-electron chi connectivity index (χ1n) is 24.0. The molecule has 66 heavy (non-hydrogen) atoms. The van der Waals surface area contributed by atoms with Gasteiger partial charge in [0.25, 0.3) is 5.69 Å². The van der Waals surface area contributed by atoms with E-state index in [1.54, 1.807) is 0 Å². The van der Waals surface area contributed by atoms with E-state index < -0.39 is 11.8 Å². The van der Waals surface area contributed by atoms with Gasteiger partial charge in [0.2, 0.25) is 11.4 Å². The molecule has 3 heterocycles. The Morgan fingerprint density at radius 2 is 1.18 bits per heavy atom. The Kier molecular flexibility index (Phi) is 9.91. The highest BCUT2D eigenvalue weighted by molar-refractivity contribution is 6.09. The van der Waals surface area contributed by atoms with Crippen molar-refractivity contribution in [1.29, 1.82) is 0 Å². The van der Waals surface area contributed by atoms with Gasteiger partial charge in [-0.25, -0.2) is 4.98 Å². The topological polar surface area (TPSA) is 33.1 Å². The van der Waals surface area contributed by atoms with Crippen LogP contribution in [0.15, 0.2) is 176 Å². The number of nitrogens with zero attached hydrogens (tertiary/aromatic N) is 4. The summed E-state index contributed by atoms with van der Waals surface area (Å²) in [5.74, 6) is 2.24. The highest BCUT2D eigenvalue weighted by Gasteiger charge is 2.42. The first kappa shape index (κ1) is 40.2. The third-order valence-corrected chi connectivity index (χ3v) is 12.4. The molecule has 0 fully saturated rings. The Morgan fingerprint density at radius 3 is 1.85 bits per heavy atom. The number of hydrogen-bond acceptors (Lipinski definition) is 2. The number of benzene rings is 7. The van der Waals surface area contributed by atoms with Crippen molar-refractivity contribution in [2.45, 2.75) is 79.5 Å². The Hall–Kier alpha value is -7.33. The Labute approximate surface area is 392 Å². The molecule has 10 rings (SSSR count). The predicted octanol–water partition coefficient (Wildman–Crippen LogP) is 16.3. The summed E-state index contributed by atoms with van der Waals surface area (Å²) >= 11 is 0. The normalized spacial score (nSPS) is 13.6. The van der Waals surface area contributed by atoms with Crippen LogP contribution in [0.3, 0.4) is 0 Å². The quantitative estimate of drug-likeness (QED) is 0.143. The molecule has 1 aliphatic heterocycles. The molecular formula is C61H58N4O+2. The van der Waals surface area contributed by atoms with Crippen molar-refractivity contribution >= 4 is 50.6 Å². The van der Waals surface area contributed by atoms with Crippen LogP contribution in [-0.2, 0) is 17.2 Å². The first-order valence-corrected chi connectivity index (χ1v) is 23.0. The minimum atomic E-state index is -1.73. The third-order valence-electron chi connectivity index (χ3n) is 12.4. The van der Waals surface area contributed by atoms with Gasteiger partial charge in [0, 0.05) is 43.5 Å². The fraction of sp³-hybridized carbons (Fsp3) is 0.213. The Balaban J connectivity index is 1.20. The highest BCUT2D eigenvalue weighted by Crippen LogP contribution is 2.47. The predicted molar refractivity (Wildman–Crippen MR) is 277 cm³/mol. The summed E-state index contributed by atoms with van der Waals surface area (Å²) < 4.78 is 33.0. The number of aromatic nitrogens is 2. The maximum Gasteiger partial charge on any atom is 0.503 e. The van der Waals surface area contributed by atoms with Crippen molar-refractivity contribution in [1.82, 2.24) is 18.7 Å². The van der Waals surface area contributed by atoms with Crippen LogP contribution in [-0.4, -0.2) is 15.6 Å². The molecule has 0 atom stereocenters. The molecule has 2 aromatic heterocycles. The van der Waals surface area contributed by atoms with Gasteiger partial charge < -0.3 is 4.74 Å². The third kappa shape index (κ3) is 8.05. The molecule has 0 unspecified atom stereocenters. The van der Waals surface area contributed by atoms with Gasteiger partial charge in [-0.1, -0.05) is 159 Å². The molecule has 0 saturated heterocycles. The fourth-order valence-electron chi connectivity index (χ4n) is 9.11. The van der Waals surface area contributed by atoms with Crippen molar-refractivity contribution in [3.63, 3.8) is 0 Å². The summed E-state index contributed by atoms with van der Waals surface area (Å²) in [6.45, 7) is 19.2. The van der Waals surface area contributed by atoms with Gasteiger partial charge in [-0.15, -0.1) is 0 Å². The number of para-hydroxylation sites is 3. The monoisotopic (exact) mass is 864 g/mol. The minimum Gasteiger partial charge on any atom is -0.457 e. The van der Waals surface area contributed by atoms with Gasteiger partial charge in [-0.3, -0.25) is 4.57 Å². The van der Waals surface area contributed by atoms with Gasteiger partial charge in [0.15, 0.2) is 0 Å². The molecule has 0 saturated carbocycles. The molecule has 0 N–H and O–H groups in total.